The fraction of sp³-hybridized carbons (Fsp3) is 0.391. The number of ether oxygens (including phenoxy) is 2. The third kappa shape index (κ3) is 12.3. The maximum atomic E-state index is 11.8. The van der Waals surface area contributed by atoms with Gasteiger partial charge in [0.1, 0.15) is 13.2 Å². The molecule has 0 N–H and O–H groups in total. The summed E-state index contributed by atoms with van der Waals surface area (Å²) in [7, 11) is 11.6. The molecule has 2 rings (SSSR count). The van der Waals surface area contributed by atoms with Crippen LogP contribution in [0.15, 0.2) is 36.4 Å². The van der Waals surface area contributed by atoms with Crippen LogP contribution < -0.4 is 4.90 Å². The summed E-state index contributed by atoms with van der Waals surface area (Å²) in [5, 5.41) is 0. The van der Waals surface area contributed by atoms with E-state index in [-0.39, 0.29) is 30.1 Å². The number of anilines is 1. The summed E-state index contributed by atoms with van der Waals surface area (Å²) in [5.74, 6) is -2.90. The first-order valence-corrected chi connectivity index (χ1v) is 14.5. The molecule has 0 aliphatic heterocycles. The van der Waals surface area contributed by atoms with Gasteiger partial charge in [-0.25, -0.2) is 26.4 Å². The van der Waals surface area contributed by atoms with Crippen molar-refractivity contribution in [3.8, 4) is 0 Å². The smallest absolute Gasteiger partial charge is 0.338 e. The van der Waals surface area contributed by atoms with Crippen molar-refractivity contribution in [2.45, 2.75) is 19.0 Å². The maximum absolute atomic E-state index is 11.8. The quantitative estimate of drug-likeness (QED) is 0.188. The van der Waals surface area contributed by atoms with E-state index in [1.165, 1.54) is 6.07 Å². The van der Waals surface area contributed by atoms with Gasteiger partial charge in [-0.3, -0.25) is 0 Å². The number of carbonyl (C=O) groups excluding carboxylic acids is 2. The first-order chi connectivity index (χ1) is 18.1. The van der Waals surface area contributed by atoms with E-state index in [0.717, 1.165) is 11.3 Å². The number of carbonyl (C=O) groups is 2. The van der Waals surface area contributed by atoms with Gasteiger partial charge >= 0.3 is 11.9 Å². The topological polar surface area (TPSA) is 170 Å². The van der Waals surface area contributed by atoms with Crippen LogP contribution in [0.5, 0.6) is 0 Å². The van der Waals surface area contributed by atoms with Gasteiger partial charge < -0.3 is 23.5 Å². The third-order valence-corrected chi connectivity index (χ3v) is 6.40. The first-order valence-electron chi connectivity index (χ1n) is 11.4. The van der Waals surface area contributed by atoms with Crippen LogP contribution in [0.1, 0.15) is 37.4 Å². The molecule has 16 heteroatoms. The van der Waals surface area contributed by atoms with Crippen LogP contribution in [-0.4, -0.2) is 100 Å². The Morgan fingerprint density at radius 2 is 1.33 bits per heavy atom. The zero-order chi connectivity index (χ0) is 29.8. The average molecular weight is 573 g/mol. The Labute approximate surface area is 233 Å². The van der Waals surface area contributed by atoms with E-state index in [2.05, 4.69) is 0 Å². The van der Waals surface area contributed by atoms with Gasteiger partial charge in [0.15, 0.2) is 0 Å². The van der Waals surface area contributed by atoms with Gasteiger partial charge in [0.25, 0.3) is 0 Å². The van der Waals surface area contributed by atoms with Crippen molar-refractivity contribution in [2.24, 2.45) is 0 Å². The molecule has 11 nitrogen and oxygen atoms in total. The molecule has 0 heterocycles. The normalized spacial score (nSPS) is 11.2. The van der Waals surface area contributed by atoms with Gasteiger partial charge in [0, 0.05) is 19.8 Å². The van der Waals surface area contributed by atoms with E-state index in [1.807, 2.05) is 19.0 Å². The van der Waals surface area contributed by atoms with Gasteiger partial charge in [-0.2, -0.15) is 0 Å². The molecule has 2 aromatic carbocycles. The molecule has 0 saturated carbocycles. The molecule has 0 unspecified atom stereocenters. The molecule has 0 spiro atoms. The zero-order valence-corrected chi connectivity index (χ0v) is 23.1. The van der Waals surface area contributed by atoms with Crippen LogP contribution in [-0.2, 0) is 48.7 Å². The standard InChI is InChI=1S/C12H16BNO5S.C11H12B2O5S/c1-14(2)11-4-3-9(7-10(11)8-13)12(15)19-5-6-20(16,17)18;12-6-8-2-1-3-9(10(8)7-13)11(14)18-4-5-19(15,16)17/h3-4,7H,5-6,8H2,1-2H3,(H,16,17,18);1-3H,4-7H2,(H,15,16,17)/p-2. The third-order valence-electron chi connectivity index (χ3n) is 5.07. The highest BCUT2D eigenvalue weighted by atomic mass is 32.2. The Kier molecular flexibility index (Phi) is 13.8. The Balaban J connectivity index is 0.000000391. The number of hydrogen-bond acceptors (Lipinski definition) is 11. The molecule has 0 saturated heterocycles. The Hall–Kier alpha value is -2.81. The first kappa shape index (κ1) is 34.2. The lowest BCUT2D eigenvalue weighted by molar-refractivity contribution is 0.0517. The molecular formula is C23H26B3NO10S2-2. The summed E-state index contributed by atoms with van der Waals surface area (Å²) in [6.07, 6.45) is 0.587. The second kappa shape index (κ2) is 15.7. The van der Waals surface area contributed by atoms with Gasteiger partial charge in [-0.15, -0.1) is 0 Å². The highest BCUT2D eigenvalue weighted by Gasteiger charge is 2.14. The van der Waals surface area contributed by atoms with Crippen molar-refractivity contribution in [1.82, 2.24) is 0 Å². The SMILES string of the molecule is [B]Cc1cc(C(=O)OCCS(=O)(=O)[O-])ccc1N(C)C.[B]Cc1cccc(C(=O)OCCS(=O)(=O)[O-])c1C[B]. The molecule has 0 atom stereocenters. The summed E-state index contributed by atoms with van der Waals surface area (Å²) < 4.78 is 71.8. The second-order valence-corrected chi connectivity index (χ2v) is 11.1. The predicted molar refractivity (Wildman–Crippen MR) is 145 cm³/mol. The van der Waals surface area contributed by atoms with E-state index in [9.17, 15) is 35.5 Å². The highest BCUT2D eigenvalue weighted by Crippen LogP contribution is 2.21. The molecular weight excluding hydrogens is 547 g/mol. The monoisotopic (exact) mass is 573 g/mol. The van der Waals surface area contributed by atoms with Gasteiger partial charge in [0.05, 0.1) is 66.4 Å². The Morgan fingerprint density at radius 3 is 1.79 bits per heavy atom. The van der Waals surface area contributed by atoms with Crippen LogP contribution in [0.25, 0.3) is 0 Å². The summed E-state index contributed by atoms with van der Waals surface area (Å²) in [6.45, 7) is -0.945. The predicted octanol–water partition coefficient (Wildman–Crippen LogP) is -0.151. The molecule has 0 amide bonds. The van der Waals surface area contributed by atoms with Crippen LogP contribution in [0.4, 0.5) is 5.69 Å². The Bertz CT molecular complexity index is 1350. The summed E-state index contributed by atoms with van der Waals surface area (Å²) in [4.78, 5) is 25.3. The molecule has 39 heavy (non-hydrogen) atoms. The highest BCUT2D eigenvalue weighted by molar-refractivity contribution is 7.85. The fourth-order valence-corrected chi connectivity index (χ4v) is 3.78. The summed E-state index contributed by atoms with van der Waals surface area (Å²) in [5.41, 5.74) is 3.41. The van der Waals surface area contributed by atoms with Crippen molar-refractivity contribution in [2.75, 3.05) is 43.7 Å². The van der Waals surface area contributed by atoms with Crippen molar-refractivity contribution >= 4 is 61.4 Å². The van der Waals surface area contributed by atoms with Crippen molar-refractivity contribution in [3.05, 3.63) is 64.2 Å². The van der Waals surface area contributed by atoms with E-state index < -0.39 is 56.9 Å². The molecule has 2 aromatic rings. The summed E-state index contributed by atoms with van der Waals surface area (Å²) >= 11 is 0. The minimum atomic E-state index is -4.40. The van der Waals surface area contributed by atoms with Crippen LogP contribution in [0, 0.1) is 0 Å². The largest absolute Gasteiger partial charge is 0.748 e. The number of benzene rings is 2. The van der Waals surface area contributed by atoms with Crippen molar-refractivity contribution in [1.29, 1.82) is 0 Å². The van der Waals surface area contributed by atoms with E-state index in [4.69, 9.17) is 33.0 Å². The van der Waals surface area contributed by atoms with E-state index in [0.29, 0.717) is 11.1 Å². The van der Waals surface area contributed by atoms with Crippen LogP contribution in [0.2, 0.25) is 0 Å². The molecule has 206 valence electrons. The fourth-order valence-electron chi connectivity index (χ4n) is 3.20. The van der Waals surface area contributed by atoms with Crippen molar-refractivity contribution < 1.29 is 45.0 Å². The molecule has 0 bridgehead atoms. The maximum Gasteiger partial charge on any atom is 0.338 e. The lowest BCUT2D eigenvalue weighted by atomic mass is 9.84. The van der Waals surface area contributed by atoms with Crippen LogP contribution >= 0.6 is 0 Å². The lowest BCUT2D eigenvalue weighted by Crippen LogP contribution is -2.16. The molecule has 0 fully saturated rings. The molecule has 0 aromatic heterocycles. The summed E-state index contributed by atoms with van der Waals surface area (Å²) in [6, 6.07) is 9.74. The van der Waals surface area contributed by atoms with Crippen LogP contribution in [0.3, 0.4) is 0 Å². The Morgan fingerprint density at radius 1 is 0.795 bits per heavy atom. The molecule has 6 radical (unpaired) electrons. The van der Waals surface area contributed by atoms with E-state index >= 15 is 0 Å². The zero-order valence-electron chi connectivity index (χ0n) is 21.5. The number of esters is 2. The minimum Gasteiger partial charge on any atom is -0.748 e. The number of hydrogen-bond donors (Lipinski definition) is 0. The van der Waals surface area contributed by atoms with Gasteiger partial charge in [-0.05, 0) is 35.4 Å². The number of nitrogens with zero attached hydrogens (tertiary/aromatic N) is 1. The average Bonchev–Trinajstić information content (AvgIpc) is 2.86. The van der Waals surface area contributed by atoms with E-state index in [1.54, 1.807) is 30.3 Å². The molecule has 0 aliphatic rings. The minimum absolute atomic E-state index is 0.109. The lowest BCUT2D eigenvalue weighted by Gasteiger charge is -2.17. The molecule has 0 aliphatic carbocycles. The van der Waals surface area contributed by atoms with Gasteiger partial charge in [-0.1, -0.05) is 36.7 Å². The van der Waals surface area contributed by atoms with Crippen molar-refractivity contribution in [3.63, 3.8) is 0 Å². The van der Waals surface area contributed by atoms with Gasteiger partial charge in [0.2, 0.25) is 0 Å². The number of rotatable bonds is 12. The second-order valence-electron chi connectivity index (χ2n) is 8.09.